The van der Waals surface area contributed by atoms with Crippen molar-refractivity contribution in [2.24, 2.45) is 0 Å². The zero-order chi connectivity index (χ0) is 10.5. The summed E-state index contributed by atoms with van der Waals surface area (Å²) in [6.07, 6.45) is 10.1. The third kappa shape index (κ3) is 3.54. The minimum Gasteiger partial charge on any atom is -0.334 e. The van der Waals surface area contributed by atoms with E-state index in [9.17, 15) is 0 Å². The second-order valence-corrected chi connectivity index (χ2v) is 5.02. The summed E-state index contributed by atoms with van der Waals surface area (Å²) < 4.78 is 2.27. The molecule has 0 atom stereocenters. The summed E-state index contributed by atoms with van der Waals surface area (Å²) in [5.41, 5.74) is 0. The number of rotatable bonds is 7. The summed E-state index contributed by atoms with van der Waals surface area (Å²) in [5.74, 6) is 2.41. The van der Waals surface area contributed by atoms with Gasteiger partial charge >= 0.3 is 0 Å². The van der Waals surface area contributed by atoms with E-state index in [1.807, 2.05) is 18.0 Å². The molecule has 0 spiro atoms. The van der Waals surface area contributed by atoms with E-state index in [1.54, 1.807) is 0 Å². The van der Waals surface area contributed by atoms with Crippen LogP contribution in [0.3, 0.4) is 0 Å². The molecule has 0 bridgehead atoms. The highest BCUT2D eigenvalue weighted by Crippen LogP contribution is 2.19. The standard InChI is InChI=1S/C11H19N3S/c1-15-8-2-6-14-7-5-12-11(14)9-13-10-3-4-10/h5,7,10,13H,2-4,6,8-9H2,1H3. The monoisotopic (exact) mass is 225 g/mol. The Labute approximate surface area is 95.7 Å². The first-order valence-electron chi connectivity index (χ1n) is 5.62. The van der Waals surface area contributed by atoms with Crippen molar-refractivity contribution >= 4 is 11.8 Å². The first kappa shape index (κ1) is 11.0. The number of nitrogens with one attached hydrogen (secondary N) is 1. The van der Waals surface area contributed by atoms with Crippen molar-refractivity contribution in [3.63, 3.8) is 0 Å². The molecule has 1 aromatic heterocycles. The number of hydrogen-bond acceptors (Lipinski definition) is 3. The zero-order valence-electron chi connectivity index (χ0n) is 9.28. The molecule has 1 aliphatic rings. The number of aryl methyl sites for hydroxylation is 1. The van der Waals surface area contributed by atoms with E-state index < -0.39 is 0 Å². The molecule has 0 unspecified atom stereocenters. The van der Waals surface area contributed by atoms with Crippen LogP contribution in [0.15, 0.2) is 12.4 Å². The average molecular weight is 225 g/mol. The molecular formula is C11H19N3S. The van der Waals surface area contributed by atoms with Crippen LogP contribution in [0.2, 0.25) is 0 Å². The Morgan fingerprint density at radius 3 is 3.20 bits per heavy atom. The fourth-order valence-corrected chi connectivity index (χ4v) is 2.03. The molecule has 15 heavy (non-hydrogen) atoms. The molecule has 1 aromatic rings. The Bertz CT molecular complexity index is 294. The van der Waals surface area contributed by atoms with Crippen molar-refractivity contribution in [1.82, 2.24) is 14.9 Å². The minimum absolute atomic E-state index is 0.765. The Morgan fingerprint density at radius 1 is 1.60 bits per heavy atom. The average Bonchev–Trinajstić information content (AvgIpc) is 2.97. The summed E-state index contributed by atoms with van der Waals surface area (Å²) in [5, 5.41) is 3.50. The minimum atomic E-state index is 0.765. The highest BCUT2D eigenvalue weighted by atomic mass is 32.2. The first-order chi connectivity index (χ1) is 7.40. The molecule has 1 aliphatic carbocycles. The molecule has 2 rings (SSSR count). The summed E-state index contributed by atoms with van der Waals surface area (Å²) in [4.78, 5) is 4.39. The van der Waals surface area contributed by atoms with Gasteiger partial charge < -0.3 is 9.88 Å². The maximum atomic E-state index is 4.39. The molecule has 0 aliphatic heterocycles. The van der Waals surface area contributed by atoms with E-state index in [1.165, 1.54) is 30.8 Å². The predicted octanol–water partition coefficient (Wildman–Crippen LogP) is 1.89. The van der Waals surface area contributed by atoms with Crippen LogP contribution in [0.4, 0.5) is 0 Å². The van der Waals surface area contributed by atoms with Crippen LogP contribution in [-0.4, -0.2) is 27.6 Å². The number of thioether (sulfide) groups is 1. The molecule has 1 heterocycles. The van der Waals surface area contributed by atoms with E-state index >= 15 is 0 Å². The highest BCUT2D eigenvalue weighted by Gasteiger charge is 2.20. The van der Waals surface area contributed by atoms with E-state index in [4.69, 9.17) is 0 Å². The largest absolute Gasteiger partial charge is 0.334 e. The topological polar surface area (TPSA) is 29.9 Å². The van der Waals surface area contributed by atoms with Gasteiger partial charge in [0.15, 0.2) is 0 Å². The number of aromatic nitrogens is 2. The lowest BCUT2D eigenvalue weighted by Crippen LogP contribution is -2.19. The second-order valence-electron chi connectivity index (χ2n) is 4.04. The molecule has 0 amide bonds. The normalized spacial score (nSPS) is 15.8. The summed E-state index contributed by atoms with van der Waals surface area (Å²) >= 11 is 1.91. The van der Waals surface area contributed by atoms with E-state index in [0.717, 1.165) is 19.1 Å². The van der Waals surface area contributed by atoms with Crippen LogP contribution in [0.1, 0.15) is 25.1 Å². The van der Waals surface area contributed by atoms with Crippen LogP contribution in [0.5, 0.6) is 0 Å². The van der Waals surface area contributed by atoms with Crippen molar-refractivity contribution in [1.29, 1.82) is 0 Å². The van der Waals surface area contributed by atoms with Gasteiger partial charge in [-0.25, -0.2) is 4.98 Å². The molecular weight excluding hydrogens is 206 g/mol. The fraction of sp³-hybridized carbons (Fsp3) is 0.727. The lowest BCUT2D eigenvalue weighted by Gasteiger charge is -2.07. The van der Waals surface area contributed by atoms with E-state index in [0.29, 0.717) is 0 Å². The van der Waals surface area contributed by atoms with Gasteiger partial charge in [-0.1, -0.05) is 0 Å². The summed E-state index contributed by atoms with van der Waals surface area (Å²) in [6, 6.07) is 0.765. The quantitative estimate of drug-likeness (QED) is 0.719. The molecule has 1 fully saturated rings. The maximum absolute atomic E-state index is 4.39. The smallest absolute Gasteiger partial charge is 0.122 e. The van der Waals surface area contributed by atoms with E-state index in [-0.39, 0.29) is 0 Å². The molecule has 1 saturated carbocycles. The number of nitrogens with zero attached hydrogens (tertiary/aromatic N) is 2. The van der Waals surface area contributed by atoms with Gasteiger partial charge in [0.2, 0.25) is 0 Å². The van der Waals surface area contributed by atoms with Crippen molar-refractivity contribution < 1.29 is 0 Å². The van der Waals surface area contributed by atoms with Crippen LogP contribution in [0, 0.1) is 0 Å². The molecule has 1 N–H and O–H groups in total. The fourth-order valence-electron chi connectivity index (χ4n) is 1.61. The van der Waals surface area contributed by atoms with Gasteiger partial charge in [0.05, 0.1) is 6.54 Å². The third-order valence-electron chi connectivity index (χ3n) is 2.68. The van der Waals surface area contributed by atoms with Gasteiger partial charge in [-0.15, -0.1) is 0 Å². The molecule has 3 nitrogen and oxygen atoms in total. The van der Waals surface area contributed by atoms with Gasteiger partial charge in [-0.2, -0.15) is 11.8 Å². The van der Waals surface area contributed by atoms with Crippen LogP contribution >= 0.6 is 11.8 Å². The van der Waals surface area contributed by atoms with Crippen LogP contribution in [0.25, 0.3) is 0 Å². The Hall–Kier alpha value is -0.480. The number of imidazole rings is 1. The lowest BCUT2D eigenvalue weighted by atomic mass is 10.4. The van der Waals surface area contributed by atoms with Crippen LogP contribution < -0.4 is 5.32 Å². The maximum Gasteiger partial charge on any atom is 0.122 e. The van der Waals surface area contributed by atoms with Gasteiger partial charge in [-0.3, -0.25) is 0 Å². The van der Waals surface area contributed by atoms with Crippen molar-refractivity contribution in [2.75, 3.05) is 12.0 Å². The molecule has 0 saturated heterocycles. The number of hydrogen-bond donors (Lipinski definition) is 1. The van der Waals surface area contributed by atoms with Crippen molar-refractivity contribution in [3.8, 4) is 0 Å². The van der Waals surface area contributed by atoms with Crippen molar-refractivity contribution in [3.05, 3.63) is 18.2 Å². The predicted molar refractivity (Wildman–Crippen MR) is 65.1 cm³/mol. The molecule has 0 radical (unpaired) electrons. The van der Waals surface area contributed by atoms with Crippen LogP contribution in [-0.2, 0) is 13.1 Å². The first-order valence-corrected chi connectivity index (χ1v) is 7.02. The van der Waals surface area contributed by atoms with Gasteiger partial charge in [0.1, 0.15) is 5.82 Å². The Balaban J connectivity index is 1.78. The van der Waals surface area contributed by atoms with Crippen molar-refractivity contribution in [2.45, 2.75) is 38.4 Å². The SMILES string of the molecule is CSCCCn1ccnc1CNC1CC1. The van der Waals surface area contributed by atoms with Gasteiger partial charge in [-0.05, 0) is 31.3 Å². The Kier molecular flexibility index (Phi) is 4.09. The van der Waals surface area contributed by atoms with Gasteiger partial charge in [0.25, 0.3) is 0 Å². The van der Waals surface area contributed by atoms with Gasteiger partial charge in [0, 0.05) is 25.0 Å². The molecule has 84 valence electrons. The molecule has 4 heteroatoms. The van der Waals surface area contributed by atoms with E-state index in [2.05, 4.69) is 27.3 Å². The molecule has 0 aromatic carbocycles. The zero-order valence-corrected chi connectivity index (χ0v) is 10.1. The lowest BCUT2D eigenvalue weighted by molar-refractivity contribution is 0.588. The third-order valence-corrected chi connectivity index (χ3v) is 3.37. The summed E-state index contributed by atoms with van der Waals surface area (Å²) in [7, 11) is 0. The highest BCUT2D eigenvalue weighted by molar-refractivity contribution is 7.98. The summed E-state index contributed by atoms with van der Waals surface area (Å²) in [6.45, 7) is 2.03. The second kappa shape index (κ2) is 5.56. The Morgan fingerprint density at radius 2 is 2.47 bits per heavy atom.